The summed E-state index contributed by atoms with van der Waals surface area (Å²) in [5, 5.41) is 0. The van der Waals surface area contributed by atoms with Crippen LogP contribution in [0.1, 0.15) is 26.7 Å². The summed E-state index contributed by atoms with van der Waals surface area (Å²) >= 11 is 0. The lowest BCUT2D eigenvalue weighted by Crippen LogP contribution is -2.52. The van der Waals surface area contributed by atoms with Gasteiger partial charge in [-0.1, -0.05) is 6.92 Å². The first-order chi connectivity index (χ1) is 7.89. The fourth-order valence-electron chi connectivity index (χ4n) is 3.08. The van der Waals surface area contributed by atoms with Crippen LogP contribution in [0.15, 0.2) is 0 Å². The van der Waals surface area contributed by atoms with Crippen LogP contribution in [-0.2, 0) is 9.84 Å². The molecule has 0 bridgehead atoms. The number of nitrogens with zero attached hydrogens (tertiary/aromatic N) is 1. The molecule has 2 aliphatic heterocycles. The first-order valence-electron chi connectivity index (χ1n) is 6.59. The van der Waals surface area contributed by atoms with Crippen molar-refractivity contribution in [3.8, 4) is 0 Å². The second-order valence-electron chi connectivity index (χ2n) is 5.82. The number of nitrogens with two attached hydrogens (primary N) is 1. The molecule has 0 radical (unpaired) electrons. The van der Waals surface area contributed by atoms with Crippen LogP contribution in [0.25, 0.3) is 0 Å². The zero-order chi connectivity index (χ0) is 12.6. The molecule has 100 valence electrons. The lowest BCUT2D eigenvalue weighted by Gasteiger charge is -2.42. The maximum Gasteiger partial charge on any atom is 0.150 e. The van der Waals surface area contributed by atoms with E-state index in [2.05, 4.69) is 18.7 Å². The van der Waals surface area contributed by atoms with Gasteiger partial charge in [0.15, 0.2) is 9.84 Å². The minimum absolute atomic E-state index is 0.300. The van der Waals surface area contributed by atoms with Crippen molar-refractivity contribution in [1.82, 2.24) is 4.90 Å². The van der Waals surface area contributed by atoms with E-state index in [9.17, 15) is 8.42 Å². The molecular weight excluding hydrogens is 236 g/mol. The fourth-order valence-corrected chi connectivity index (χ4v) is 4.93. The van der Waals surface area contributed by atoms with Crippen molar-refractivity contribution in [3.63, 3.8) is 0 Å². The zero-order valence-corrected chi connectivity index (χ0v) is 11.6. The Morgan fingerprint density at radius 1 is 1.29 bits per heavy atom. The molecule has 17 heavy (non-hydrogen) atoms. The molecule has 2 rings (SSSR count). The molecule has 0 amide bonds. The van der Waals surface area contributed by atoms with E-state index in [0.717, 1.165) is 25.9 Å². The summed E-state index contributed by atoms with van der Waals surface area (Å²) < 4.78 is 22.9. The van der Waals surface area contributed by atoms with Gasteiger partial charge < -0.3 is 5.73 Å². The molecule has 0 aromatic heterocycles. The lowest BCUT2D eigenvalue weighted by atomic mass is 9.87. The van der Waals surface area contributed by atoms with Crippen molar-refractivity contribution in [3.05, 3.63) is 0 Å². The lowest BCUT2D eigenvalue weighted by molar-refractivity contribution is 0.0850. The normalized spacial score (nSPS) is 42.8. The maximum atomic E-state index is 11.4. The van der Waals surface area contributed by atoms with Crippen LogP contribution in [0.2, 0.25) is 0 Å². The van der Waals surface area contributed by atoms with E-state index in [1.54, 1.807) is 0 Å². The van der Waals surface area contributed by atoms with E-state index in [1.807, 2.05) is 0 Å². The molecule has 2 heterocycles. The average molecular weight is 260 g/mol. The van der Waals surface area contributed by atoms with Gasteiger partial charge in [-0.15, -0.1) is 0 Å². The van der Waals surface area contributed by atoms with E-state index >= 15 is 0 Å². The van der Waals surface area contributed by atoms with Gasteiger partial charge >= 0.3 is 0 Å². The van der Waals surface area contributed by atoms with Crippen molar-refractivity contribution in [1.29, 1.82) is 0 Å². The van der Waals surface area contributed by atoms with Crippen LogP contribution < -0.4 is 5.73 Å². The molecular formula is C12H24N2O2S. The minimum atomic E-state index is -2.74. The second-order valence-corrected chi connectivity index (χ2v) is 8.04. The Bertz CT molecular complexity index is 369. The summed E-state index contributed by atoms with van der Waals surface area (Å²) in [6, 6.07) is 0.774. The second kappa shape index (κ2) is 4.86. The average Bonchev–Trinajstić information content (AvgIpc) is 2.59. The largest absolute Gasteiger partial charge is 0.327 e. The van der Waals surface area contributed by atoms with Crippen molar-refractivity contribution in [2.75, 3.05) is 24.6 Å². The Balaban J connectivity index is 1.92. The number of likely N-dealkylation sites (tertiary alicyclic amines) is 1. The molecule has 0 aromatic rings. The molecule has 2 saturated heterocycles. The van der Waals surface area contributed by atoms with Gasteiger partial charge in [-0.3, -0.25) is 4.90 Å². The van der Waals surface area contributed by atoms with Crippen LogP contribution in [-0.4, -0.2) is 50.0 Å². The van der Waals surface area contributed by atoms with Gasteiger partial charge in [-0.05, 0) is 38.1 Å². The molecule has 0 aromatic carbocycles. The third kappa shape index (κ3) is 3.01. The van der Waals surface area contributed by atoms with Crippen LogP contribution in [0, 0.1) is 11.8 Å². The molecule has 0 spiro atoms. The quantitative estimate of drug-likeness (QED) is 0.784. The van der Waals surface area contributed by atoms with Crippen molar-refractivity contribution in [2.45, 2.75) is 38.8 Å². The summed E-state index contributed by atoms with van der Waals surface area (Å²) in [5.41, 5.74) is 6.06. The topological polar surface area (TPSA) is 63.4 Å². The molecule has 5 heteroatoms. The van der Waals surface area contributed by atoms with Gasteiger partial charge in [-0.25, -0.2) is 8.42 Å². The Morgan fingerprint density at radius 2 is 2.00 bits per heavy atom. The van der Waals surface area contributed by atoms with Crippen molar-refractivity contribution >= 4 is 9.84 Å². The molecule has 4 unspecified atom stereocenters. The van der Waals surface area contributed by atoms with E-state index in [1.165, 1.54) is 0 Å². The predicted molar refractivity (Wildman–Crippen MR) is 69.6 cm³/mol. The molecule has 2 fully saturated rings. The van der Waals surface area contributed by atoms with E-state index < -0.39 is 9.84 Å². The van der Waals surface area contributed by atoms with Gasteiger partial charge in [-0.2, -0.15) is 0 Å². The molecule has 0 aliphatic carbocycles. The first kappa shape index (κ1) is 13.3. The third-order valence-electron chi connectivity index (χ3n) is 4.58. The molecule has 0 saturated carbocycles. The standard InChI is InChI=1S/C12H24N2O2S/c1-9-10(2)14(5-3-12(9)13)7-11-4-6-17(15,16)8-11/h9-12H,3-8,13H2,1-2H3. The van der Waals surface area contributed by atoms with Crippen LogP contribution in [0.5, 0.6) is 0 Å². The van der Waals surface area contributed by atoms with E-state index in [4.69, 9.17) is 5.73 Å². The van der Waals surface area contributed by atoms with Crippen molar-refractivity contribution in [2.24, 2.45) is 17.6 Å². The summed E-state index contributed by atoms with van der Waals surface area (Å²) in [6.07, 6.45) is 1.87. The first-order valence-corrected chi connectivity index (χ1v) is 8.41. The SMILES string of the molecule is CC1C(N)CCN(CC2CCS(=O)(=O)C2)C1C. The van der Waals surface area contributed by atoms with Crippen molar-refractivity contribution < 1.29 is 8.42 Å². The monoisotopic (exact) mass is 260 g/mol. The molecule has 2 N–H and O–H groups in total. The predicted octanol–water partition coefficient (Wildman–Crippen LogP) is 0.479. The van der Waals surface area contributed by atoms with Gasteiger partial charge in [0.05, 0.1) is 11.5 Å². The Hall–Kier alpha value is -0.130. The van der Waals surface area contributed by atoms with Gasteiger partial charge in [0.1, 0.15) is 0 Å². The zero-order valence-electron chi connectivity index (χ0n) is 10.8. The molecule has 4 nitrogen and oxygen atoms in total. The highest BCUT2D eigenvalue weighted by Gasteiger charge is 2.34. The molecule has 4 atom stereocenters. The summed E-state index contributed by atoms with van der Waals surface area (Å²) in [6.45, 7) is 6.36. The van der Waals surface area contributed by atoms with Crippen LogP contribution in [0.3, 0.4) is 0 Å². The van der Waals surface area contributed by atoms with Gasteiger partial charge in [0.2, 0.25) is 0 Å². The Morgan fingerprint density at radius 3 is 2.59 bits per heavy atom. The highest BCUT2D eigenvalue weighted by Crippen LogP contribution is 2.26. The van der Waals surface area contributed by atoms with Gasteiger partial charge in [0.25, 0.3) is 0 Å². The number of piperidine rings is 1. The van der Waals surface area contributed by atoms with Crippen LogP contribution in [0.4, 0.5) is 0 Å². The fraction of sp³-hybridized carbons (Fsp3) is 1.00. The number of hydrogen-bond donors (Lipinski definition) is 1. The van der Waals surface area contributed by atoms with E-state index in [-0.39, 0.29) is 0 Å². The maximum absolute atomic E-state index is 11.4. The number of hydrogen-bond acceptors (Lipinski definition) is 4. The van der Waals surface area contributed by atoms with Gasteiger partial charge in [0, 0.05) is 18.6 Å². The highest BCUT2D eigenvalue weighted by molar-refractivity contribution is 7.91. The molecule has 2 aliphatic rings. The highest BCUT2D eigenvalue weighted by atomic mass is 32.2. The third-order valence-corrected chi connectivity index (χ3v) is 6.42. The Labute approximate surface area is 104 Å². The number of rotatable bonds is 2. The Kier molecular flexibility index (Phi) is 3.80. The van der Waals surface area contributed by atoms with Crippen LogP contribution >= 0.6 is 0 Å². The summed E-state index contributed by atoms with van der Waals surface area (Å²) in [4.78, 5) is 2.43. The minimum Gasteiger partial charge on any atom is -0.327 e. The summed E-state index contributed by atoms with van der Waals surface area (Å²) in [5.74, 6) is 1.61. The summed E-state index contributed by atoms with van der Waals surface area (Å²) in [7, 11) is -2.74. The van der Waals surface area contributed by atoms with E-state index in [0.29, 0.717) is 35.4 Å². The smallest absolute Gasteiger partial charge is 0.150 e. The number of sulfone groups is 1.